The Morgan fingerprint density at radius 3 is 2.44 bits per heavy atom. The van der Waals surface area contributed by atoms with Crippen LogP contribution in [-0.2, 0) is 4.79 Å². The standard InChI is InChI=1S/C10H12N2O4/c1-7(10(13)11-2)16-9-5-3-8(4-6-9)12(14)15/h3-7H,1-2H3,(H,11,13). The first-order chi connectivity index (χ1) is 7.54. The van der Waals surface area contributed by atoms with Crippen LogP contribution < -0.4 is 10.1 Å². The van der Waals surface area contributed by atoms with E-state index < -0.39 is 11.0 Å². The summed E-state index contributed by atoms with van der Waals surface area (Å²) in [5.74, 6) is 0.167. The van der Waals surface area contributed by atoms with E-state index in [1.807, 2.05) is 0 Å². The Kier molecular flexibility index (Phi) is 3.82. The zero-order valence-electron chi connectivity index (χ0n) is 8.97. The third-order valence-corrected chi connectivity index (χ3v) is 1.98. The number of nitro groups is 1. The van der Waals surface area contributed by atoms with Crippen molar-refractivity contribution < 1.29 is 14.5 Å². The summed E-state index contributed by atoms with van der Waals surface area (Å²) in [5, 5.41) is 12.8. The summed E-state index contributed by atoms with van der Waals surface area (Å²) in [6.07, 6.45) is -0.633. The van der Waals surface area contributed by atoms with Gasteiger partial charge in [0.05, 0.1) is 4.92 Å². The van der Waals surface area contributed by atoms with Gasteiger partial charge in [0.2, 0.25) is 0 Å². The molecule has 0 spiro atoms. The molecule has 1 atom stereocenters. The summed E-state index contributed by atoms with van der Waals surface area (Å²) in [4.78, 5) is 21.0. The minimum absolute atomic E-state index is 0.0139. The van der Waals surface area contributed by atoms with Crippen LogP contribution in [0.4, 0.5) is 5.69 Å². The molecule has 6 nitrogen and oxygen atoms in total. The summed E-state index contributed by atoms with van der Waals surface area (Å²) >= 11 is 0. The summed E-state index contributed by atoms with van der Waals surface area (Å²) in [5.41, 5.74) is -0.0139. The van der Waals surface area contributed by atoms with Gasteiger partial charge in [-0.3, -0.25) is 14.9 Å². The molecule has 16 heavy (non-hydrogen) atoms. The van der Waals surface area contributed by atoms with Gasteiger partial charge >= 0.3 is 0 Å². The van der Waals surface area contributed by atoms with Gasteiger partial charge in [0, 0.05) is 19.2 Å². The van der Waals surface area contributed by atoms with Gasteiger partial charge in [-0.05, 0) is 19.1 Å². The van der Waals surface area contributed by atoms with Gasteiger partial charge in [0.1, 0.15) is 5.75 Å². The number of nitro benzene ring substituents is 1. The van der Waals surface area contributed by atoms with E-state index in [1.54, 1.807) is 6.92 Å². The van der Waals surface area contributed by atoms with Gasteiger partial charge in [-0.25, -0.2) is 0 Å². The minimum atomic E-state index is -0.633. The van der Waals surface area contributed by atoms with Crippen molar-refractivity contribution in [2.75, 3.05) is 7.05 Å². The number of hydrogen-bond acceptors (Lipinski definition) is 4. The SMILES string of the molecule is CNC(=O)C(C)Oc1ccc([N+](=O)[O-])cc1. The predicted octanol–water partition coefficient (Wildman–Crippen LogP) is 1.11. The van der Waals surface area contributed by atoms with E-state index in [9.17, 15) is 14.9 Å². The molecule has 1 N–H and O–H groups in total. The van der Waals surface area contributed by atoms with Gasteiger partial charge in [-0.1, -0.05) is 0 Å². The fraction of sp³-hybridized carbons (Fsp3) is 0.300. The molecule has 0 heterocycles. The van der Waals surface area contributed by atoms with Gasteiger partial charge in [-0.2, -0.15) is 0 Å². The summed E-state index contributed by atoms with van der Waals surface area (Å²) in [7, 11) is 1.51. The van der Waals surface area contributed by atoms with Gasteiger partial charge in [0.15, 0.2) is 6.10 Å². The van der Waals surface area contributed by atoms with E-state index in [-0.39, 0.29) is 11.6 Å². The van der Waals surface area contributed by atoms with Crippen molar-refractivity contribution in [3.63, 3.8) is 0 Å². The number of carbonyl (C=O) groups excluding carboxylic acids is 1. The number of nitrogens with zero attached hydrogens (tertiary/aromatic N) is 1. The van der Waals surface area contributed by atoms with E-state index in [0.29, 0.717) is 5.75 Å². The van der Waals surface area contributed by atoms with E-state index in [2.05, 4.69) is 5.32 Å². The number of non-ortho nitro benzene ring substituents is 1. The molecular weight excluding hydrogens is 212 g/mol. The number of amides is 1. The number of ether oxygens (including phenoxy) is 1. The second kappa shape index (κ2) is 5.11. The van der Waals surface area contributed by atoms with Crippen LogP contribution in [0.3, 0.4) is 0 Å². The van der Waals surface area contributed by atoms with Crippen LogP contribution in [0, 0.1) is 10.1 Å². The average molecular weight is 224 g/mol. The first-order valence-corrected chi connectivity index (χ1v) is 4.67. The third kappa shape index (κ3) is 2.94. The number of nitrogens with one attached hydrogen (secondary N) is 1. The average Bonchev–Trinajstić information content (AvgIpc) is 2.28. The highest BCUT2D eigenvalue weighted by Gasteiger charge is 2.13. The maximum absolute atomic E-state index is 11.1. The Labute approximate surface area is 92.4 Å². The fourth-order valence-corrected chi connectivity index (χ4v) is 1.11. The maximum atomic E-state index is 11.1. The molecule has 0 aliphatic heterocycles. The number of carbonyl (C=O) groups is 1. The molecule has 1 aromatic rings. The fourth-order valence-electron chi connectivity index (χ4n) is 1.11. The van der Waals surface area contributed by atoms with Crippen LogP contribution >= 0.6 is 0 Å². The van der Waals surface area contributed by atoms with E-state index >= 15 is 0 Å². The summed E-state index contributed by atoms with van der Waals surface area (Å²) in [6, 6.07) is 5.56. The molecule has 86 valence electrons. The van der Waals surface area contributed by atoms with Crippen LogP contribution in [0.5, 0.6) is 5.75 Å². The quantitative estimate of drug-likeness (QED) is 0.613. The number of hydrogen-bond donors (Lipinski definition) is 1. The van der Waals surface area contributed by atoms with Crippen molar-refractivity contribution in [3.05, 3.63) is 34.4 Å². The summed E-state index contributed by atoms with van der Waals surface area (Å²) < 4.78 is 5.27. The molecule has 0 saturated heterocycles. The Morgan fingerprint density at radius 2 is 2.00 bits per heavy atom. The van der Waals surface area contributed by atoms with Crippen molar-refractivity contribution >= 4 is 11.6 Å². The van der Waals surface area contributed by atoms with Crippen LogP contribution in [0.2, 0.25) is 0 Å². The van der Waals surface area contributed by atoms with Crippen LogP contribution in [0.1, 0.15) is 6.92 Å². The molecule has 0 aliphatic carbocycles. The molecule has 1 aromatic carbocycles. The molecule has 0 aromatic heterocycles. The first kappa shape index (κ1) is 12.0. The molecule has 1 amide bonds. The van der Waals surface area contributed by atoms with Crippen molar-refractivity contribution in [2.24, 2.45) is 0 Å². The largest absolute Gasteiger partial charge is 0.481 e. The smallest absolute Gasteiger partial charge is 0.269 e. The van der Waals surface area contributed by atoms with Crippen molar-refractivity contribution in [2.45, 2.75) is 13.0 Å². The molecule has 0 fully saturated rings. The van der Waals surface area contributed by atoms with Gasteiger partial charge < -0.3 is 10.1 Å². The Bertz CT molecular complexity index is 388. The van der Waals surface area contributed by atoms with Crippen LogP contribution in [0.15, 0.2) is 24.3 Å². The Hall–Kier alpha value is -2.11. The molecule has 1 rings (SSSR count). The van der Waals surface area contributed by atoms with E-state index in [0.717, 1.165) is 0 Å². The minimum Gasteiger partial charge on any atom is -0.481 e. The highest BCUT2D eigenvalue weighted by atomic mass is 16.6. The highest BCUT2D eigenvalue weighted by Crippen LogP contribution is 2.18. The zero-order chi connectivity index (χ0) is 12.1. The number of rotatable bonds is 4. The van der Waals surface area contributed by atoms with Gasteiger partial charge in [0.25, 0.3) is 11.6 Å². The lowest BCUT2D eigenvalue weighted by Gasteiger charge is -2.12. The molecule has 6 heteroatoms. The molecule has 0 saturated carbocycles. The second-order valence-electron chi connectivity index (χ2n) is 3.13. The lowest BCUT2D eigenvalue weighted by atomic mass is 10.3. The van der Waals surface area contributed by atoms with Crippen molar-refractivity contribution in [1.82, 2.24) is 5.32 Å². The normalized spacial score (nSPS) is 11.6. The molecule has 1 unspecified atom stereocenters. The number of likely N-dealkylation sites (N-methyl/N-ethyl adjacent to an activating group) is 1. The van der Waals surface area contributed by atoms with E-state index in [4.69, 9.17) is 4.74 Å². The second-order valence-corrected chi connectivity index (χ2v) is 3.13. The maximum Gasteiger partial charge on any atom is 0.269 e. The lowest BCUT2D eigenvalue weighted by Crippen LogP contribution is -2.33. The monoisotopic (exact) mass is 224 g/mol. The summed E-state index contributed by atoms with van der Waals surface area (Å²) in [6.45, 7) is 1.60. The lowest BCUT2D eigenvalue weighted by molar-refractivity contribution is -0.384. The van der Waals surface area contributed by atoms with Crippen molar-refractivity contribution in [3.8, 4) is 5.75 Å². The molecule has 0 aliphatic rings. The number of benzene rings is 1. The van der Waals surface area contributed by atoms with E-state index in [1.165, 1.54) is 31.3 Å². The first-order valence-electron chi connectivity index (χ1n) is 4.67. The Morgan fingerprint density at radius 1 is 1.44 bits per heavy atom. The predicted molar refractivity (Wildman–Crippen MR) is 57.3 cm³/mol. The van der Waals surface area contributed by atoms with Crippen molar-refractivity contribution in [1.29, 1.82) is 0 Å². The van der Waals surface area contributed by atoms with Gasteiger partial charge in [-0.15, -0.1) is 0 Å². The molecule has 0 bridgehead atoms. The molecular formula is C10H12N2O4. The van der Waals surface area contributed by atoms with Crippen LogP contribution in [-0.4, -0.2) is 24.0 Å². The molecule has 0 radical (unpaired) electrons. The highest BCUT2D eigenvalue weighted by molar-refractivity contribution is 5.80. The van der Waals surface area contributed by atoms with Crippen LogP contribution in [0.25, 0.3) is 0 Å². The topological polar surface area (TPSA) is 81.5 Å². The Balaban J connectivity index is 2.68. The third-order valence-electron chi connectivity index (χ3n) is 1.98. The zero-order valence-corrected chi connectivity index (χ0v) is 8.97.